The van der Waals surface area contributed by atoms with Crippen LogP contribution in [0.3, 0.4) is 0 Å². The summed E-state index contributed by atoms with van der Waals surface area (Å²) >= 11 is 0. The highest BCUT2D eigenvalue weighted by molar-refractivity contribution is 5.82. The van der Waals surface area contributed by atoms with E-state index < -0.39 is 0 Å². The molecule has 1 atom stereocenters. The van der Waals surface area contributed by atoms with Crippen molar-refractivity contribution in [1.29, 1.82) is 0 Å². The summed E-state index contributed by atoms with van der Waals surface area (Å²) in [6, 6.07) is 5.20. The molecule has 142 valence electrons. The lowest BCUT2D eigenvalue weighted by molar-refractivity contribution is -0.123. The molecular formula is C20H28FN3O2. The van der Waals surface area contributed by atoms with Gasteiger partial charge < -0.3 is 20.6 Å². The van der Waals surface area contributed by atoms with E-state index >= 15 is 0 Å². The first-order valence-electron chi connectivity index (χ1n) is 9.77. The molecule has 5 nitrogen and oxygen atoms in total. The van der Waals surface area contributed by atoms with Crippen LogP contribution in [0.4, 0.5) is 10.1 Å². The minimum Gasteiger partial charge on any atom is -0.393 e. The Hall–Kier alpha value is -1.66. The van der Waals surface area contributed by atoms with Gasteiger partial charge >= 0.3 is 0 Å². The maximum absolute atomic E-state index is 14.5. The number of rotatable bonds is 4. The zero-order chi connectivity index (χ0) is 18.1. The molecule has 26 heavy (non-hydrogen) atoms. The number of anilines is 1. The minimum absolute atomic E-state index is 0.112. The predicted molar refractivity (Wildman–Crippen MR) is 98.3 cm³/mol. The number of hydrogen-bond acceptors (Lipinski definition) is 4. The molecule has 3 N–H and O–H groups in total. The van der Waals surface area contributed by atoms with Crippen LogP contribution in [0.5, 0.6) is 0 Å². The lowest BCUT2D eigenvalue weighted by atomic mass is 9.92. The van der Waals surface area contributed by atoms with Gasteiger partial charge in [-0.1, -0.05) is 6.07 Å². The Bertz CT molecular complexity index is 667. The number of amides is 1. The highest BCUT2D eigenvalue weighted by atomic mass is 19.1. The number of benzene rings is 1. The van der Waals surface area contributed by atoms with E-state index in [9.17, 15) is 14.3 Å². The molecule has 1 aromatic rings. The predicted octanol–water partition coefficient (Wildman–Crippen LogP) is 1.79. The van der Waals surface area contributed by atoms with E-state index in [1.165, 1.54) is 6.07 Å². The molecule has 2 saturated heterocycles. The van der Waals surface area contributed by atoms with Crippen LogP contribution in [0, 0.1) is 17.2 Å². The molecular weight excluding hydrogens is 333 g/mol. The second-order valence-electron chi connectivity index (χ2n) is 8.09. The molecule has 3 fully saturated rings. The van der Waals surface area contributed by atoms with Crippen molar-refractivity contribution in [3.8, 4) is 0 Å². The number of nitrogens with one attached hydrogen (secondary N) is 2. The summed E-state index contributed by atoms with van der Waals surface area (Å²) in [7, 11) is 0. The van der Waals surface area contributed by atoms with Gasteiger partial charge in [-0.05, 0) is 68.3 Å². The maximum Gasteiger partial charge on any atom is 0.223 e. The fourth-order valence-corrected chi connectivity index (χ4v) is 4.53. The standard InChI is InChI=1S/C20H28FN3O2/c21-17-11-14(1-2-18(17)24-9-3-15(25)4-10-24)13-23-19(26)16-12-20(16)5-7-22-8-6-20/h1-2,11,15-16,22,25H,3-10,12-13H2,(H,23,26). The molecule has 0 radical (unpaired) electrons. The quantitative estimate of drug-likeness (QED) is 0.765. The zero-order valence-electron chi connectivity index (χ0n) is 15.1. The third-order valence-corrected chi connectivity index (χ3v) is 6.39. The van der Waals surface area contributed by atoms with Crippen LogP contribution in [0.2, 0.25) is 0 Å². The van der Waals surface area contributed by atoms with Crippen LogP contribution in [0.1, 0.15) is 37.7 Å². The Morgan fingerprint density at radius 3 is 2.73 bits per heavy atom. The van der Waals surface area contributed by atoms with Gasteiger partial charge in [-0.3, -0.25) is 4.79 Å². The number of hydrogen-bond donors (Lipinski definition) is 3. The molecule has 4 rings (SSSR count). The van der Waals surface area contributed by atoms with Crippen molar-refractivity contribution in [1.82, 2.24) is 10.6 Å². The Labute approximate surface area is 154 Å². The number of carbonyl (C=O) groups excluding carboxylic acids is 1. The third kappa shape index (κ3) is 3.58. The van der Waals surface area contributed by atoms with E-state index in [1.54, 1.807) is 6.07 Å². The highest BCUT2D eigenvalue weighted by Gasteiger charge is 2.57. The average Bonchev–Trinajstić information content (AvgIpc) is 3.34. The van der Waals surface area contributed by atoms with Gasteiger partial charge in [-0.2, -0.15) is 0 Å². The summed E-state index contributed by atoms with van der Waals surface area (Å²) in [5.41, 5.74) is 1.60. The molecule has 0 aromatic heterocycles. The van der Waals surface area contributed by atoms with Gasteiger partial charge in [0.2, 0.25) is 5.91 Å². The molecule has 0 bridgehead atoms. The largest absolute Gasteiger partial charge is 0.393 e. The fourth-order valence-electron chi connectivity index (χ4n) is 4.53. The SMILES string of the molecule is O=C(NCc1ccc(N2CCC(O)CC2)c(F)c1)C1CC12CCNCC2. The molecule has 3 aliphatic rings. The molecule has 1 unspecified atom stereocenters. The monoisotopic (exact) mass is 361 g/mol. The Morgan fingerprint density at radius 1 is 1.31 bits per heavy atom. The molecule has 1 spiro atoms. The number of halogens is 1. The van der Waals surface area contributed by atoms with Crippen LogP contribution in [-0.4, -0.2) is 43.3 Å². The first-order chi connectivity index (χ1) is 12.6. The van der Waals surface area contributed by atoms with Crippen LogP contribution in [-0.2, 0) is 11.3 Å². The minimum atomic E-state index is -0.269. The maximum atomic E-state index is 14.5. The average molecular weight is 361 g/mol. The Balaban J connectivity index is 1.31. The number of aliphatic hydroxyl groups is 1. The van der Waals surface area contributed by atoms with Crippen molar-refractivity contribution in [2.24, 2.45) is 11.3 Å². The molecule has 1 aromatic carbocycles. The second-order valence-corrected chi connectivity index (χ2v) is 8.09. The smallest absolute Gasteiger partial charge is 0.223 e. The second kappa shape index (κ2) is 7.16. The van der Waals surface area contributed by atoms with E-state index in [4.69, 9.17) is 0 Å². The van der Waals surface area contributed by atoms with Crippen molar-refractivity contribution in [3.05, 3.63) is 29.6 Å². The van der Waals surface area contributed by atoms with Gasteiger partial charge in [0.15, 0.2) is 0 Å². The molecule has 6 heteroatoms. The molecule has 1 amide bonds. The van der Waals surface area contributed by atoms with Crippen LogP contribution < -0.4 is 15.5 Å². The first-order valence-corrected chi connectivity index (χ1v) is 9.77. The molecule has 1 aliphatic carbocycles. The normalized spacial score (nSPS) is 25.3. The fraction of sp³-hybridized carbons (Fsp3) is 0.650. The van der Waals surface area contributed by atoms with Crippen molar-refractivity contribution in [2.45, 2.75) is 44.8 Å². The van der Waals surface area contributed by atoms with Crippen LogP contribution in [0.25, 0.3) is 0 Å². The van der Waals surface area contributed by atoms with E-state index in [0.29, 0.717) is 38.2 Å². The molecule has 2 heterocycles. The number of nitrogens with zero attached hydrogens (tertiary/aromatic N) is 1. The summed E-state index contributed by atoms with van der Waals surface area (Å²) in [5.74, 6) is -0.00992. The number of aliphatic hydroxyl groups excluding tert-OH is 1. The van der Waals surface area contributed by atoms with Crippen molar-refractivity contribution in [3.63, 3.8) is 0 Å². The van der Waals surface area contributed by atoms with Gasteiger partial charge in [0, 0.05) is 25.6 Å². The van der Waals surface area contributed by atoms with E-state index in [0.717, 1.165) is 37.9 Å². The topological polar surface area (TPSA) is 64.6 Å². The number of piperidine rings is 2. The van der Waals surface area contributed by atoms with Gasteiger partial charge in [0.25, 0.3) is 0 Å². The summed E-state index contributed by atoms with van der Waals surface area (Å²) in [6.07, 6.45) is 4.24. The van der Waals surface area contributed by atoms with Crippen molar-refractivity contribution >= 4 is 11.6 Å². The lowest BCUT2D eigenvalue weighted by Gasteiger charge is -2.31. The van der Waals surface area contributed by atoms with Gasteiger partial charge in [-0.15, -0.1) is 0 Å². The Kier molecular flexibility index (Phi) is 4.88. The van der Waals surface area contributed by atoms with E-state index in [2.05, 4.69) is 10.6 Å². The summed E-state index contributed by atoms with van der Waals surface area (Å²) in [5, 5.41) is 15.9. The van der Waals surface area contributed by atoms with Gasteiger partial charge in [-0.25, -0.2) is 4.39 Å². The van der Waals surface area contributed by atoms with Gasteiger partial charge in [0.05, 0.1) is 11.8 Å². The van der Waals surface area contributed by atoms with E-state index in [1.807, 2.05) is 11.0 Å². The van der Waals surface area contributed by atoms with Crippen LogP contribution in [0.15, 0.2) is 18.2 Å². The van der Waals surface area contributed by atoms with Gasteiger partial charge in [0.1, 0.15) is 5.82 Å². The summed E-state index contributed by atoms with van der Waals surface area (Å²) in [6.45, 7) is 3.73. The molecule has 1 saturated carbocycles. The third-order valence-electron chi connectivity index (χ3n) is 6.39. The van der Waals surface area contributed by atoms with E-state index in [-0.39, 0.29) is 29.2 Å². The van der Waals surface area contributed by atoms with Crippen LogP contribution >= 0.6 is 0 Å². The molecule has 2 aliphatic heterocycles. The van der Waals surface area contributed by atoms with Crippen molar-refractivity contribution < 1.29 is 14.3 Å². The Morgan fingerprint density at radius 2 is 2.04 bits per heavy atom. The highest BCUT2D eigenvalue weighted by Crippen LogP contribution is 2.58. The summed E-state index contributed by atoms with van der Waals surface area (Å²) < 4.78 is 14.5. The zero-order valence-corrected chi connectivity index (χ0v) is 15.1. The number of carbonyl (C=O) groups is 1. The summed E-state index contributed by atoms with van der Waals surface area (Å²) in [4.78, 5) is 14.4. The first kappa shape index (κ1) is 17.7. The van der Waals surface area contributed by atoms with Crippen molar-refractivity contribution in [2.75, 3.05) is 31.1 Å². The lowest BCUT2D eigenvalue weighted by Crippen LogP contribution is -2.36.